The first-order valence-corrected chi connectivity index (χ1v) is 12.0. The second-order valence-corrected chi connectivity index (χ2v) is 9.86. The summed E-state index contributed by atoms with van der Waals surface area (Å²) in [5.74, 6) is 2.38. The molecule has 0 spiro atoms. The maximum absolute atomic E-state index is 13.1. The van der Waals surface area contributed by atoms with Gasteiger partial charge in [-0.15, -0.1) is 0 Å². The number of ketones is 1. The molecule has 2 saturated carbocycles. The SMILES string of the molecule is CC(=O)c1cccc(NC(=O)c2ccc3c(c2)[C@@H]2[C@H]4CC[C@@H](C4)[C@@H]2[C@@H](c2ccccc2)N3)c1. The summed E-state index contributed by atoms with van der Waals surface area (Å²) < 4.78 is 0. The van der Waals surface area contributed by atoms with Crippen molar-refractivity contribution >= 4 is 23.1 Å². The van der Waals surface area contributed by atoms with Crippen LogP contribution in [-0.4, -0.2) is 11.7 Å². The van der Waals surface area contributed by atoms with Crippen LogP contribution in [0.2, 0.25) is 0 Å². The molecule has 2 fully saturated rings. The van der Waals surface area contributed by atoms with Gasteiger partial charge in [0.05, 0.1) is 6.04 Å². The zero-order valence-corrected chi connectivity index (χ0v) is 18.8. The van der Waals surface area contributed by atoms with Crippen molar-refractivity contribution in [3.8, 4) is 0 Å². The normalized spacial score (nSPS) is 26.8. The lowest BCUT2D eigenvalue weighted by molar-refractivity contribution is 0.101. The first kappa shape index (κ1) is 20.2. The van der Waals surface area contributed by atoms with Crippen molar-refractivity contribution in [2.45, 2.75) is 38.1 Å². The number of benzene rings is 3. The highest BCUT2D eigenvalue weighted by molar-refractivity contribution is 6.05. The monoisotopic (exact) mass is 436 g/mol. The van der Waals surface area contributed by atoms with E-state index in [1.165, 1.54) is 37.3 Å². The average Bonchev–Trinajstić information content (AvgIpc) is 3.47. The van der Waals surface area contributed by atoms with Crippen molar-refractivity contribution in [2.75, 3.05) is 10.6 Å². The second-order valence-electron chi connectivity index (χ2n) is 9.86. The number of fused-ring (bicyclic) bond motifs is 7. The summed E-state index contributed by atoms with van der Waals surface area (Å²) in [5, 5.41) is 6.81. The fraction of sp³-hybridized carbons (Fsp3) is 0.310. The Balaban J connectivity index is 1.33. The fourth-order valence-electron chi connectivity index (χ4n) is 6.64. The molecule has 33 heavy (non-hydrogen) atoms. The summed E-state index contributed by atoms with van der Waals surface area (Å²) in [6.07, 6.45) is 3.91. The van der Waals surface area contributed by atoms with Gasteiger partial charge in [0.25, 0.3) is 5.91 Å². The lowest BCUT2D eigenvalue weighted by Crippen LogP contribution is -2.35. The predicted molar refractivity (Wildman–Crippen MR) is 131 cm³/mol. The minimum atomic E-state index is -0.136. The van der Waals surface area contributed by atoms with Gasteiger partial charge in [-0.1, -0.05) is 42.5 Å². The molecule has 0 unspecified atom stereocenters. The Kier molecular flexibility index (Phi) is 4.83. The van der Waals surface area contributed by atoms with Crippen LogP contribution >= 0.6 is 0 Å². The number of nitrogens with one attached hydrogen (secondary N) is 2. The van der Waals surface area contributed by atoms with Crippen LogP contribution in [0.1, 0.15) is 70.0 Å². The molecule has 0 saturated heterocycles. The lowest BCUT2D eigenvalue weighted by Gasteiger charge is -2.43. The first-order valence-electron chi connectivity index (χ1n) is 12.0. The molecule has 1 aliphatic heterocycles. The van der Waals surface area contributed by atoms with Gasteiger partial charge >= 0.3 is 0 Å². The van der Waals surface area contributed by atoms with Gasteiger partial charge in [0.15, 0.2) is 5.78 Å². The molecule has 4 nitrogen and oxygen atoms in total. The molecule has 0 radical (unpaired) electrons. The Hall–Kier alpha value is -3.40. The van der Waals surface area contributed by atoms with Gasteiger partial charge in [0.1, 0.15) is 0 Å². The largest absolute Gasteiger partial charge is 0.378 e. The van der Waals surface area contributed by atoms with Crippen LogP contribution in [0, 0.1) is 17.8 Å². The van der Waals surface area contributed by atoms with Gasteiger partial charge in [0, 0.05) is 22.5 Å². The molecule has 2 bridgehead atoms. The van der Waals surface area contributed by atoms with E-state index in [9.17, 15) is 9.59 Å². The zero-order valence-electron chi connectivity index (χ0n) is 18.8. The minimum absolute atomic E-state index is 0.0127. The van der Waals surface area contributed by atoms with E-state index in [1.54, 1.807) is 18.2 Å². The van der Waals surface area contributed by atoms with E-state index in [0.717, 1.165) is 11.6 Å². The van der Waals surface area contributed by atoms with E-state index in [2.05, 4.69) is 53.1 Å². The molecule has 3 aliphatic rings. The Morgan fingerprint density at radius 3 is 2.52 bits per heavy atom. The predicted octanol–water partition coefficient (Wildman–Crippen LogP) is 6.44. The average molecular weight is 437 g/mol. The standard InChI is InChI=1S/C29H28N2O2/c1-17(32)19-8-5-9-23(15-19)30-29(33)22-12-13-25-24(16-22)26-20-10-11-21(14-20)27(26)28(31-25)18-6-3-2-4-7-18/h2-9,12-13,15-16,20-21,26-28,31H,10-11,14H2,1H3,(H,30,33)/t20-,21-,26-,27-,28+/m0/s1. The lowest BCUT2D eigenvalue weighted by atomic mass is 9.68. The van der Waals surface area contributed by atoms with Gasteiger partial charge in [-0.05, 0) is 91.3 Å². The van der Waals surface area contributed by atoms with E-state index < -0.39 is 0 Å². The smallest absolute Gasteiger partial charge is 0.255 e. The molecule has 5 atom stereocenters. The Labute approximate surface area is 194 Å². The Bertz CT molecular complexity index is 1240. The van der Waals surface area contributed by atoms with Crippen molar-refractivity contribution in [3.63, 3.8) is 0 Å². The highest BCUT2D eigenvalue weighted by Crippen LogP contribution is 2.63. The third-order valence-corrected chi connectivity index (χ3v) is 8.04. The van der Waals surface area contributed by atoms with Crippen LogP contribution in [0.3, 0.4) is 0 Å². The summed E-state index contributed by atoms with van der Waals surface area (Å²) in [6, 6.07) is 24.3. The van der Waals surface area contributed by atoms with Crippen LogP contribution in [-0.2, 0) is 0 Å². The van der Waals surface area contributed by atoms with Crippen LogP contribution in [0.4, 0.5) is 11.4 Å². The fourth-order valence-corrected chi connectivity index (χ4v) is 6.64. The molecule has 1 amide bonds. The molecule has 6 rings (SSSR count). The Morgan fingerprint density at radius 1 is 0.879 bits per heavy atom. The Morgan fingerprint density at radius 2 is 1.70 bits per heavy atom. The summed E-state index contributed by atoms with van der Waals surface area (Å²) in [7, 11) is 0. The number of hydrogen-bond donors (Lipinski definition) is 2. The van der Waals surface area contributed by atoms with Gasteiger partial charge < -0.3 is 10.6 Å². The number of anilines is 2. The molecule has 2 aliphatic carbocycles. The van der Waals surface area contributed by atoms with E-state index in [0.29, 0.717) is 40.6 Å². The molecule has 2 N–H and O–H groups in total. The van der Waals surface area contributed by atoms with Crippen LogP contribution < -0.4 is 10.6 Å². The van der Waals surface area contributed by atoms with Crippen molar-refractivity contribution in [2.24, 2.45) is 17.8 Å². The highest BCUT2D eigenvalue weighted by atomic mass is 16.1. The number of Topliss-reactive ketones (excluding diaryl/α,β-unsaturated/α-hetero) is 1. The highest BCUT2D eigenvalue weighted by Gasteiger charge is 2.53. The van der Waals surface area contributed by atoms with Gasteiger partial charge in [-0.25, -0.2) is 0 Å². The second kappa shape index (κ2) is 7.87. The van der Waals surface area contributed by atoms with E-state index in [4.69, 9.17) is 0 Å². The van der Waals surface area contributed by atoms with Crippen molar-refractivity contribution in [3.05, 3.63) is 95.1 Å². The van der Waals surface area contributed by atoms with Gasteiger partial charge in [-0.3, -0.25) is 9.59 Å². The molecular weight excluding hydrogens is 408 g/mol. The number of carbonyl (C=O) groups is 2. The van der Waals surface area contributed by atoms with Crippen LogP contribution in [0.15, 0.2) is 72.8 Å². The maximum Gasteiger partial charge on any atom is 0.255 e. The topological polar surface area (TPSA) is 58.2 Å². The number of amides is 1. The third-order valence-electron chi connectivity index (χ3n) is 8.04. The summed E-state index contributed by atoms with van der Waals surface area (Å²) in [5.41, 5.74) is 5.73. The first-order chi connectivity index (χ1) is 16.1. The van der Waals surface area contributed by atoms with Gasteiger partial charge in [-0.2, -0.15) is 0 Å². The minimum Gasteiger partial charge on any atom is -0.378 e. The number of rotatable bonds is 4. The van der Waals surface area contributed by atoms with Crippen LogP contribution in [0.25, 0.3) is 0 Å². The molecule has 166 valence electrons. The maximum atomic E-state index is 13.1. The van der Waals surface area contributed by atoms with Crippen molar-refractivity contribution < 1.29 is 9.59 Å². The summed E-state index contributed by atoms with van der Waals surface area (Å²) in [6.45, 7) is 1.53. The zero-order chi connectivity index (χ0) is 22.5. The van der Waals surface area contributed by atoms with E-state index in [1.807, 2.05) is 12.1 Å². The quantitative estimate of drug-likeness (QED) is 0.463. The summed E-state index contributed by atoms with van der Waals surface area (Å²) >= 11 is 0. The molecule has 0 aromatic heterocycles. The van der Waals surface area contributed by atoms with Gasteiger partial charge in [0.2, 0.25) is 0 Å². The number of carbonyl (C=O) groups excluding carboxylic acids is 2. The van der Waals surface area contributed by atoms with Crippen molar-refractivity contribution in [1.82, 2.24) is 0 Å². The molecule has 4 heteroatoms. The molecule has 1 heterocycles. The summed E-state index contributed by atoms with van der Waals surface area (Å²) in [4.78, 5) is 24.8. The van der Waals surface area contributed by atoms with E-state index >= 15 is 0 Å². The van der Waals surface area contributed by atoms with Crippen LogP contribution in [0.5, 0.6) is 0 Å². The van der Waals surface area contributed by atoms with Crippen molar-refractivity contribution in [1.29, 1.82) is 0 Å². The molecule has 3 aromatic rings. The molecular formula is C29H28N2O2. The van der Waals surface area contributed by atoms with E-state index in [-0.39, 0.29) is 11.7 Å². The number of hydrogen-bond acceptors (Lipinski definition) is 3. The third kappa shape index (κ3) is 3.45. The molecule has 3 aromatic carbocycles.